The number of hydrogen-bond donors (Lipinski definition) is 1. The van der Waals surface area contributed by atoms with Gasteiger partial charge in [0.25, 0.3) is 0 Å². The zero-order valence-electron chi connectivity index (χ0n) is 10.3. The van der Waals surface area contributed by atoms with Crippen LogP contribution in [-0.4, -0.2) is 54.0 Å². The minimum Gasteiger partial charge on any atom is -0.338 e. The van der Waals surface area contributed by atoms with Gasteiger partial charge in [-0.05, 0) is 20.3 Å². The molecule has 0 aromatic carbocycles. The third-order valence-electron chi connectivity index (χ3n) is 2.69. The van der Waals surface area contributed by atoms with Crippen molar-refractivity contribution < 1.29 is 9.59 Å². The Labute approximate surface area is 96.8 Å². The molecule has 1 rings (SSSR count). The van der Waals surface area contributed by atoms with E-state index in [2.05, 4.69) is 5.32 Å². The molecule has 16 heavy (non-hydrogen) atoms. The zero-order chi connectivity index (χ0) is 12.1. The van der Waals surface area contributed by atoms with Gasteiger partial charge in [0, 0.05) is 25.7 Å². The normalized spacial score (nSPS) is 16.9. The van der Waals surface area contributed by atoms with Crippen molar-refractivity contribution in [3.05, 3.63) is 0 Å². The third-order valence-corrected chi connectivity index (χ3v) is 2.69. The Morgan fingerprint density at radius 3 is 2.62 bits per heavy atom. The zero-order valence-corrected chi connectivity index (χ0v) is 10.3. The SMILES string of the molecule is CCCNC(=O)N1CCN(C(C)C)C(=O)C1. The van der Waals surface area contributed by atoms with Crippen LogP contribution in [0.25, 0.3) is 0 Å². The molecule has 1 N–H and O–H groups in total. The van der Waals surface area contributed by atoms with E-state index in [1.807, 2.05) is 25.7 Å². The van der Waals surface area contributed by atoms with Crippen molar-refractivity contribution in [3.8, 4) is 0 Å². The number of rotatable bonds is 3. The molecular weight excluding hydrogens is 206 g/mol. The molecular formula is C11H21N3O2. The van der Waals surface area contributed by atoms with Crippen LogP contribution in [-0.2, 0) is 4.79 Å². The van der Waals surface area contributed by atoms with Gasteiger partial charge in [0.1, 0.15) is 6.54 Å². The molecule has 0 aromatic heterocycles. The second-order valence-corrected chi connectivity index (χ2v) is 4.33. The topological polar surface area (TPSA) is 52.7 Å². The van der Waals surface area contributed by atoms with Gasteiger partial charge in [0.2, 0.25) is 5.91 Å². The number of nitrogens with zero attached hydrogens (tertiary/aromatic N) is 2. The van der Waals surface area contributed by atoms with Crippen LogP contribution in [0.5, 0.6) is 0 Å². The predicted molar refractivity (Wildman–Crippen MR) is 62.1 cm³/mol. The van der Waals surface area contributed by atoms with Crippen molar-refractivity contribution in [2.24, 2.45) is 0 Å². The van der Waals surface area contributed by atoms with Crippen LogP contribution in [0, 0.1) is 0 Å². The van der Waals surface area contributed by atoms with Crippen LogP contribution in [0.1, 0.15) is 27.2 Å². The summed E-state index contributed by atoms with van der Waals surface area (Å²) in [6.45, 7) is 8.11. The van der Waals surface area contributed by atoms with Gasteiger partial charge in [-0.15, -0.1) is 0 Å². The second kappa shape index (κ2) is 5.72. The molecule has 0 spiro atoms. The third kappa shape index (κ3) is 3.12. The number of piperazine rings is 1. The van der Waals surface area contributed by atoms with Crippen LogP contribution in [0.2, 0.25) is 0 Å². The van der Waals surface area contributed by atoms with Crippen molar-refractivity contribution in [2.75, 3.05) is 26.2 Å². The molecule has 1 aliphatic heterocycles. The average molecular weight is 227 g/mol. The van der Waals surface area contributed by atoms with Gasteiger partial charge >= 0.3 is 6.03 Å². The number of carbonyl (C=O) groups excluding carboxylic acids is 2. The molecule has 5 heteroatoms. The smallest absolute Gasteiger partial charge is 0.317 e. The molecule has 1 saturated heterocycles. The Morgan fingerprint density at radius 1 is 1.44 bits per heavy atom. The molecule has 1 aliphatic rings. The van der Waals surface area contributed by atoms with Crippen molar-refractivity contribution in [3.63, 3.8) is 0 Å². The minimum atomic E-state index is -0.126. The number of nitrogens with one attached hydrogen (secondary N) is 1. The lowest BCUT2D eigenvalue weighted by Gasteiger charge is -2.36. The fourth-order valence-corrected chi connectivity index (χ4v) is 1.75. The van der Waals surface area contributed by atoms with Crippen LogP contribution >= 0.6 is 0 Å². The molecule has 1 heterocycles. The number of amides is 3. The average Bonchev–Trinajstić information content (AvgIpc) is 2.25. The van der Waals surface area contributed by atoms with Crippen LogP contribution in [0.3, 0.4) is 0 Å². The first-order valence-corrected chi connectivity index (χ1v) is 5.88. The van der Waals surface area contributed by atoms with E-state index in [4.69, 9.17) is 0 Å². The summed E-state index contributed by atoms with van der Waals surface area (Å²) in [5.74, 6) is 0.0351. The molecule has 0 atom stereocenters. The minimum absolute atomic E-state index is 0.0351. The largest absolute Gasteiger partial charge is 0.338 e. The van der Waals surface area contributed by atoms with E-state index in [0.29, 0.717) is 19.6 Å². The predicted octanol–water partition coefficient (Wildman–Crippen LogP) is 0.659. The molecule has 0 unspecified atom stereocenters. The molecule has 0 saturated carbocycles. The van der Waals surface area contributed by atoms with E-state index in [1.165, 1.54) is 0 Å². The summed E-state index contributed by atoms with van der Waals surface area (Å²) in [6.07, 6.45) is 0.908. The first-order valence-electron chi connectivity index (χ1n) is 5.88. The Hall–Kier alpha value is -1.26. The maximum absolute atomic E-state index is 11.7. The summed E-state index contributed by atoms with van der Waals surface area (Å²) in [4.78, 5) is 26.7. The molecule has 0 aliphatic carbocycles. The molecule has 0 radical (unpaired) electrons. The lowest BCUT2D eigenvalue weighted by atomic mass is 10.2. The van der Waals surface area contributed by atoms with E-state index in [1.54, 1.807) is 4.90 Å². The molecule has 0 bridgehead atoms. The Bertz CT molecular complexity index is 266. The van der Waals surface area contributed by atoms with Gasteiger partial charge in [-0.1, -0.05) is 6.92 Å². The molecule has 3 amide bonds. The van der Waals surface area contributed by atoms with Gasteiger partial charge in [-0.3, -0.25) is 4.79 Å². The van der Waals surface area contributed by atoms with Gasteiger partial charge in [-0.2, -0.15) is 0 Å². The standard InChI is InChI=1S/C11H21N3O2/c1-4-5-12-11(16)13-6-7-14(9(2)3)10(15)8-13/h9H,4-8H2,1-3H3,(H,12,16). The summed E-state index contributed by atoms with van der Waals surface area (Å²) in [7, 11) is 0. The van der Waals surface area contributed by atoms with E-state index in [0.717, 1.165) is 6.42 Å². The van der Waals surface area contributed by atoms with E-state index >= 15 is 0 Å². The van der Waals surface area contributed by atoms with Crippen molar-refractivity contribution in [2.45, 2.75) is 33.2 Å². The van der Waals surface area contributed by atoms with Crippen molar-refractivity contribution in [1.82, 2.24) is 15.1 Å². The summed E-state index contributed by atoms with van der Waals surface area (Å²) in [6, 6.07) is 0.0898. The maximum Gasteiger partial charge on any atom is 0.317 e. The van der Waals surface area contributed by atoms with Crippen molar-refractivity contribution in [1.29, 1.82) is 0 Å². The molecule has 0 aromatic rings. The van der Waals surface area contributed by atoms with Gasteiger partial charge in [0.05, 0.1) is 0 Å². The first kappa shape index (κ1) is 12.8. The number of urea groups is 1. The lowest BCUT2D eigenvalue weighted by Crippen LogP contribution is -2.56. The van der Waals surface area contributed by atoms with Crippen molar-refractivity contribution >= 4 is 11.9 Å². The monoisotopic (exact) mass is 227 g/mol. The lowest BCUT2D eigenvalue weighted by molar-refractivity contribution is -0.136. The Balaban J connectivity index is 2.45. The fraction of sp³-hybridized carbons (Fsp3) is 0.818. The second-order valence-electron chi connectivity index (χ2n) is 4.33. The summed E-state index contributed by atoms with van der Waals surface area (Å²) >= 11 is 0. The highest BCUT2D eigenvalue weighted by molar-refractivity contribution is 5.85. The Morgan fingerprint density at radius 2 is 2.12 bits per heavy atom. The maximum atomic E-state index is 11.7. The highest BCUT2D eigenvalue weighted by Crippen LogP contribution is 2.07. The van der Waals surface area contributed by atoms with Gasteiger partial charge < -0.3 is 15.1 Å². The summed E-state index contributed by atoms with van der Waals surface area (Å²) in [5, 5.41) is 2.78. The van der Waals surface area contributed by atoms with Crippen LogP contribution in [0.15, 0.2) is 0 Å². The fourth-order valence-electron chi connectivity index (χ4n) is 1.75. The summed E-state index contributed by atoms with van der Waals surface area (Å²) < 4.78 is 0. The molecule has 5 nitrogen and oxygen atoms in total. The summed E-state index contributed by atoms with van der Waals surface area (Å²) in [5.41, 5.74) is 0. The van der Waals surface area contributed by atoms with E-state index in [9.17, 15) is 9.59 Å². The first-order chi connectivity index (χ1) is 7.56. The van der Waals surface area contributed by atoms with Crippen LogP contribution < -0.4 is 5.32 Å². The highest BCUT2D eigenvalue weighted by atomic mass is 16.2. The van der Waals surface area contributed by atoms with Gasteiger partial charge in [0.15, 0.2) is 0 Å². The number of carbonyl (C=O) groups is 2. The molecule has 92 valence electrons. The van der Waals surface area contributed by atoms with E-state index < -0.39 is 0 Å². The molecule has 1 fully saturated rings. The highest BCUT2D eigenvalue weighted by Gasteiger charge is 2.27. The number of hydrogen-bond acceptors (Lipinski definition) is 2. The van der Waals surface area contributed by atoms with E-state index in [-0.39, 0.29) is 24.5 Å². The van der Waals surface area contributed by atoms with Gasteiger partial charge in [-0.25, -0.2) is 4.79 Å². The quantitative estimate of drug-likeness (QED) is 0.770. The van der Waals surface area contributed by atoms with Crippen LogP contribution in [0.4, 0.5) is 4.79 Å². The Kier molecular flexibility index (Phi) is 4.58.